The van der Waals surface area contributed by atoms with Crippen LogP contribution in [0.15, 0.2) is 30.3 Å². The zero-order valence-electron chi connectivity index (χ0n) is 22.0. The number of benzene rings is 2. The van der Waals surface area contributed by atoms with E-state index in [1.54, 1.807) is 30.3 Å². The van der Waals surface area contributed by atoms with E-state index in [4.69, 9.17) is 23.7 Å². The molecule has 2 aliphatic rings. The predicted octanol–water partition coefficient (Wildman–Crippen LogP) is 4.89. The van der Waals surface area contributed by atoms with Gasteiger partial charge in [-0.3, -0.25) is 9.59 Å². The molecule has 9 heteroatoms. The lowest BCUT2D eigenvalue weighted by Gasteiger charge is -2.19. The van der Waals surface area contributed by atoms with Crippen LogP contribution in [0.1, 0.15) is 67.8 Å². The minimum atomic E-state index is -0.462. The number of anilines is 1. The van der Waals surface area contributed by atoms with Crippen molar-refractivity contribution in [2.75, 3.05) is 32.2 Å². The summed E-state index contributed by atoms with van der Waals surface area (Å²) < 4.78 is 28.1. The molecule has 9 nitrogen and oxygen atoms in total. The molecular formula is C29H35NO8. The van der Waals surface area contributed by atoms with Crippen LogP contribution in [-0.4, -0.2) is 50.7 Å². The number of fused-ring (bicyclic) bond motifs is 2. The Balaban J connectivity index is 1.46. The summed E-state index contributed by atoms with van der Waals surface area (Å²) in [4.78, 5) is 37.8. The van der Waals surface area contributed by atoms with E-state index >= 15 is 0 Å². The van der Waals surface area contributed by atoms with Crippen molar-refractivity contribution < 1.29 is 38.1 Å². The number of methoxy groups -OCH3 is 1. The number of carbonyl (C=O) groups excluding carboxylic acids is 3. The average Bonchev–Trinajstić information content (AvgIpc) is 2.90. The molecule has 1 N–H and O–H groups in total. The van der Waals surface area contributed by atoms with E-state index in [1.807, 2.05) is 6.92 Å². The van der Waals surface area contributed by atoms with E-state index in [2.05, 4.69) is 5.32 Å². The van der Waals surface area contributed by atoms with Crippen LogP contribution >= 0.6 is 0 Å². The molecule has 4 rings (SSSR count). The van der Waals surface area contributed by atoms with Crippen molar-refractivity contribution in [3.63, 3.8) is 0 Å². The first-order valence-electron chi connectivity index (χ1n) is 13.2. The molecule has 1 unspecified atom stereocenters. The number of esters is 1. The van der Waals surface area contributed by atoms with Gasteiger partial charge in [0.25, 0.3) is 5.91 Å². The number of ether oxygens (including phenoxy) is 5. The van der Waals surface area contributed by atoms with Gasteiger partial charge in [0.2, 0.25) is 0 Å². The average molecular weight is 526 g/mol. The van der Waals surface area contributed by atoms with Gasteiger partial charge in [0, 0.05) is 30.7 Å². The van der Waals surface area contributed by atoms with Gasteiger partial charge < -0.3 is 29.0 Å². The van der Waals surface area contributed by atoms with Crippen molar-refractivity contribution in [2.45, 2.75) is 64.4 Å². The summed E-state index contributed by atoms with van der Waals surface area (Å²) in [5, 5.41) is 2.79. The van der Waals surface area contributed by atoms with Gasteiger partial charge in [-0.15, -0.1) is 0 Å². The smallest absolute Gasteiger partial charge is 0.342 e. The quantitative estimate of drug-likeness (QED) is 0.550. The maximum absolute atomic E-state index is 13.1. The topological polar surface area (TPSA) is 109 Å². The zero-order valence-corrected chi connectivity index (χ0v) is 22.0. The van der Waals surface area contributed by atoms with E-state index in [9.17, 15) is 14.4 Å². The zero-order chi connectivity index (χ0) is 26.9. The summed E-state index contributed by atoms with van der Waals surface area (Å²) in [6, 6.07) is 8.56. The minimum absolute atomic E-state index is 0.236. The van der Waals surface area contributed by atoms with Gasteiger partial charge in [-0.1, -0.05) is 6.42 Å². The van der Waals surface area contributed by atoms with Crippen LogP contribution in [0.25, 0.3) is 0 Å². The maximum Gasteiger partial charge on any atom is 0.342 e. The Kier molecular flexibility index (Phi) is 9.46. The molecule has 2 aromatic carbocycles. The first kappa shape index (κ1) is 27.3. The fourth-order valence-corrected chi connectivity index (χ4v) is 4.61. The third kappa shape index (κ3) is 7.40. The number of rotatable bonds is 5. The van der Waals surface area contributed by atoms with E-state index in [0.29, 0.717) is 79.6 Å². The van der Waals surface area contributed by atoms with Crippen LogP contribution in [0.4, 0.5) is 5.69 Å². The highest BCUT2D eigenvalue weighted by Crippen LogP contribution is 2.33. The summed E-state index contributed by atoms with van der Waals surface area (Å²) in [5.74, 6) is 1.42. The van der Waals surface area contributed by atoms with Gasteiger partial charge in [0.1, 0.15) is 36.1 Å². The fraction of sp³-hybridized carbons (Fsp3) is 0.483. The largest absolute Gasteiger partial charge is 0.496 e. The van der Waals surface area contributed by atoms with Crippen molar-refractivity contribution in [3.8, 4) is 23.0 Å². The molecule has 1 amide bonds. The van der Waals surface area contributed by atoms with Gasteiger partial charge in [-0.25, -0.2) is 4.79 Å². The lowest BCUT2D eigenvalue weighted by Crippen LogP contribution is -2.21. The van der Waals surface area contributed by atoms with Crippen LogP contribution < -0.4 is 24.3 Å². The normalized spacial score (nSPS) is 18.4. The van der Waals surface area contributed by atoms with Crippen molar-refractivity contribution in [2.24, 2.45) is 0 Å². The van der Waals surface area contributed by atoms with Gasteiger partial charge >= 0.3 is 5.97 Å². The SMILES string of the molecule is COc1cc(OCC(=O)Nc2ccc3c(c2)OCCO3)cc2c1C(=O)OC(C)CCCC(=O)CCCCC2. The Morgan fingerprint density at radius 2 is 1.74 bits per heavy atom. The number of amides is 1. The predicted molar refractivity (Wildman–Crippen MR) is 140 cm³/mol. The van der Waals surface area contributed by atoms with E-state index in [-0.39, 0.29) is 24.4 Å². The van der Waals surface area contributed by atoms with Gasteiger partial charge in [0.15, 0.2) is 18.1 Å². The Hall–Kier alpha value is -3.75. The first-order valence-corrected chi connectivity index (χ1v) is 13.2. The molecule has 0 spiro atoms. The Bertz CT molecular complexity index is 1160. The number of ketones is 1. The number of Topliss-reactive ketones (excluding diaryl/α,β-unsaturated/α-hetero) is 1. The molecule has 0 radical (unpaired) electrons. The molecule has 0 fully saturated rings. The molecule has 2 aliphatic heterocycles. The second-order valence-electron chi connectivity index (χ2n) is 9.56. The third-order valence-corrected chi connectivity index (χ3v) is 6.55. The molecule has 0 aliphatic carbocycles. The fourth-order valence-electron chi connectivity index (χ4n) is 4.61. The lowest BCUT2D eigenvalue weighted by atomic mass is 9.98. The number of cyclic esters (lactones) is 1. The van der Waals surface area contributed by atoms with Crippen molar-refractivity contribution in [1.29, 1.82) is 0 Å². The molecular weight excluding hydrogens is 490 g/mol. The Morgan fingerprint density at radius 3 is 2.55 bits per heavy atom. The summed E-state index contributed by atoms with van der Waals surface area (Å²) in [5.41, 5.74) is 1.67. The molecule has 38 heavy (non-hydrogen) atoms. The summed E-state index contributed by atoms with van der Waals surface area (Å²) in [6.07, 6.45) is 5.15. The highest BCUT2D eigenvalue weighted by Gasteiger charge is 2.23. The summed E-state index contributed by atoms with van der Waals surface area (Å²) in [7, 11) is 1.49. The van der Waals surface area contributed by atoms with Gasteiger partial charge in [0.05, 0.1) is 13.2 Å². The van der Waals surface area contributed by atoms with Crippen molar-refractivity contribution in [1.82, 2.24) is 0 Å². The molecule has 0 bridgehead atoms. The molecule has 0 aromatic heterocycles. The van der Waals surface area contributed by atoms with Crippen LogP contribution in [-0.2, 0) is 20.7 Å². The molecule has 0 saturated carbocycles. The molecule has 1 atom stereocenters. The van der Waals surface area contributed by atoms with Gasteiger partial charge in [-0.2, -0.15) is 0 Å². The monoisotopic (exact) mass is 525 g/mol. The van der Waals surface area contributed by atoms with Crippen LogP contribution in [0, 0.1) is 0 Å². The molecule has 2 heterocycles. The van der Waals surface area contributed by atoms with E-state index in [1.165, 1.54) is 7.11 Å². The Morgan fingerprint density at radius 1 is 0.974 bits per heavy atom. The van der Waals surface area contributed by atoms with E-state index in [0.717, 1.165) is 24.8 Å². The second kappa shape index (κ2) is 13.2. The van der Waals surface area contributed by atoms with Crippen LogP contribution in [0.3, 0.4) is 0 Å². The third-order valence-electron chi connectivity index (χ3n) is 6.55. The molecule has 204 valence electrons. The number of aryl methyl sites for hydroxylation is 1. The van der Waals surface area contributed by atoms with E-state index < -0.39 is 5.97 Å². The van der Waals surface area contributed by atoms with Crippen molar-refractivity contribution >= 4 is 23.3 Å². The molecule has 2 aromatic rings. The number of carbonyl (C=O) groups is 3. The van der Waals surface area contributed by atoms with Crippen LogP contribution in [0.2, 0.25) is 0 Å². The highest BCUT2D eigenvalue weighted by atomic mass is 16.6. The minimum Gasteiger partial charge on any atom is -0.496 e. The Labute approximate surface area is 222 Å². The molecule has 0 saturated heterocycles. The van der Waals surface area contributed by atoms with Gasteiger partial charge in [-0.05, 0) is 62.8 Å². The first-order chi connectivity index (χ1) is 18.4. The number of hydrogen-bond donors (Lipinski definition) is 1. The number of hydrogen-bond acceptors (Lipinski definition) is 8. The second-order valence-corrected chi connectivity index (χ2v) is 9.56. The van der Waals surface area contributed by atoms with Crippen molar-refractivity contribution in [3.05, 3.63) is 41.5 Å². The summed E-state index contributed by atoms with van der Waals surface area (Å²) in [6.45, 7) is 2.55. The maximum atomic E-state index is 13.1. The lowest BCUT2D eigenvalue weighted by molar-refractivity contribution is -0.119. The number of nitrogens with one attached hydrogen (secondary N) is 1. The highest BCUT2D eigenvalue weighted by molar-refractivity contribution is 5.95. The summed E-state index contributed by atoms with van der Waals surface area (Å²) >= 11 is 0. The van der Waals surface area contributed by atoms with Crippen LogP contribution in [0.5, 0.6) is 23.0 Å². The standard InChI is InChI=1S/C29H35NO8/c1-19-7-6-10-22(31)9-5-3-4-8-20-15-23(17-26(34-2)28(20)29(33)38-19)37-18-27(32)30-21-11-12-24-25(16-21)36-14-13-35-24/h11-12,15-17,19H,3-10,13-14,18H2,1-2H3,(H,30,32).